The molecule has 0 radical (unpaired) electrons. The van der Waals surface area contributed by atoms with E-state index in [9.17, 15) is 18.0 Å². The molecule has 2 nitrogen and oxygen atoms in total. The third-order valence-corrected chi connectivity index (χ3v) is 2.48. The lowest BCUT2D eigenvalue weighted by molar-refractivity contribution is -0.215. The van der Waals surface area contributed by atoms with Crippen LogP contribution in [0.5, 0.6) is 0 Å². The molecule has 1 rings (SSSR count). The SMILES string of the molecule is CC1(OC(=O)C(F)(F)F)CCCCC1. The molecule has 5 heteroatoms. The lowest BCUT2D eigenvalue weighted by atomic mass is 9.86. The summed E-state index contributed by atoms with van der Waals surface area (Å²) in [6.45, 7) is 1.57. The van der Waals surface area contributed by atoms with E-state index in [1.807, 2.05) is 0 Å². The van der Waals surface area contributed by atoms with Crippen LogP contribution in [0.2, 0.25) is 0 Å². The van der Waals surface area contributed by atoms with Gasteiger partial charge in [0.2, 0.25) is 0 Å². The molecule has 82 valence electrons. The highest BCUT2D eigenvalue weighted by molar-refractivity contribution is 5.76. The number of halogens is 3. The summed E-state index contributed by atoms with van der Waals surface area (Å²) in [5, 5.41) is 0. The van der Waals surface area contributed by atoms with Crippen LogP contribution in [0.3, 0.4) is 0 Å². The molecule has 0 unspecified atom stereocenters. The first-order valence-corrected chi connectivity index (χ1v) is 4.64. The quantitative estimate of drug-likeness (QED) is 0.622. The molecule has 0 aromatic carbocycles. The number of esters is 1. The number of hydrogen-bond acceptors (Lipinski definition) is 2. The van der Waals surface area contributed by atoms with E-state index in [1.54, 1.807) is 6.92 Å². The van der Waals surface area contributed by atoms with Crippen molar-refractivity contribution in [2.75, 3.05) is 0 Å². The molecule has 0 heterocycles. The molecule has 0 aromatic rings. The first-order valence-electron chi connectivity index (χ1n) is 4.64. The monoisotopic (exact) mass is 210 g/mol. The van der Waals surface area contributed by atoms with Gasteiger partial charge in [0.15, 0.2) is 0 Å². The highest BCUT2D eigenvalue weighted by Gasteiger charge is 2.45. The fourth-order valence-corrected chi connectivity index (χ4v) is 1.68. The second kappa shape index (κ2) is 3.79. The lowest BCUT2D eigenvalue weighted by Gasteiger charge is -2.33. The topological polar surface area (TPSA) is 26.3 Å². The van der Waals surface area contributed by atoms with Crippen LogP contribution in [0.25, 0.3) is 0 Å². The summed E-state index contributed by atoms with van der Waals surface area (Å²) in [6.07, 6.45) is -1.19. The van der Waals surface area contributed by atoms with Crippen molar-refractivity contribution in [3.8, 4) is 0 Å². The van der Waals surface area contributed by atoms with Gasteiger partial charge in [-0.05, 0) is 32.6 Å². The Labute approximate surface area is 80.4 Å². The Hall–Kier alpha value is -0.740. The standard InChI is InChI=1S/C9H13F3O2/c1-8(5-3-2-4-6-8)14-7(13)9(10,11)12/h2-6H2,1H3. The molecule has 0 atom stereocenters. The second-order valence-electron chi connectivity index (χ2n) is 3.90. The molecule has 1 aliphatic rings. The fraction of sp³-hybridized carbons (Fsp3) is 0.889. The van der Waals surface area contributed by atoms with Gasteiger partial charge in [-0.15, -0.1) is 0 Å². The summed E-state index contributed by atoms with van der Waals surface area (Å²) in [4.78, 5) is 10.6. The van der Waals surface area contributed by atoms with Crippen LogP contribution < -0.4 is 0 Å². The molecule has 14 heavy (non-hydrogen) atoms. The molecule has 0 spiro atoms. The maximum atomic E-state index is 11.9. The first kappa shape index (κ1) is 11.3. The minimum Gasteiger partial charge on any atom is -0.453 e. The van der Waals surface area contributed by atoms with E-state index in [0.717, 1.165) is 19.3 Å². The van der Waals surface area contributed by atoms with Gasteiger partial charge in [0.05, 0.1) is 0 Å². The third kappa shape index (κ3) is 2.89. The van der Waals surface area contributed by atoms with Gasteiger partial charge in [0, 0.05) is 0 Å². The Kier molecular flexibility index (Phi) is 3.07. The average Bonchev–Trinajstić information content (AvgIpc) is 2.02. The maximum Gasteiger partial charge on any atom is 0.490 e. The van der Waals surface area contributed by atoms with E-state index in [2.05, 4.69) is 4.74 Å². The summed E-state index contributed by atoms with van der Waals surface area (Å²) in [5.74, 6) is -2.07. The van der Waals surface area contributed by atoms with Gasteiger partial charge in [-0.3, -0.25) is 0 Å². The minimum atomic E-state index is -4.87. The Morgan fingerprint density at radius 1 is 1.21 bits per heavy atom. The van der Waals surface area contributed by atoms with Crippen molar-refractivity contribution in [3.63, 3.8) is 0 Å². The Bertz CT molecular complexity index is 217. The molecule has 1 saturated carbocycles. The van der Waals surface area contributed by atoms with Crippen LogP contribution in [0.4, 0.5) is 13.2 Å². The van der Waals surface area contributed by atoms with Crippen LogP contribution in [-0.4, -0.2) is 17.7 Å². The van der Waals surface area contributed by atoms with E-state index >= 15 is 0 Å². The zero-order valence-corrected chi connectivity index (χ0v) is 7.99. The van der Waals surface area contributed by atoms with Crippen molar-refractivity contribution in [2.45, 2.75) is 50.8 Å². The van der Waals surface area contributed by atoms with Crippen molar-refractivity contribution in [1.29, 1.82) is 0 Å². The Morgan fingerprint density at radius 2 is 1.71 bits per heavy atom. The molecule has 0 N–H and O–H groups in total. The number of carbonyl (C=O) groups is 1. The Balaban J connectivity index is 2.54. The van der Waals surface area contributed by atoms with Gasteiger partial charge in [0.25, 0.3) is 0 Å². The van der Waals surface area contributed by atoms with Crippen LogP contribution in [0.15, 0.2) is 0 Å². The van der Waals surface area contributed by atoms with Crippen LogP contribution in [0.1, 0.15) is 39.0 Å². The number of alkyl halides is 3. The highest BCUT2D eigenvalue weighted by Crippen LogP contribution is 2.33. The lowest BCUT2D eigenvalue weighted by Crippen LogP contribution is -2.39. The summed E-state index contributed by atoms with van der Waals surface area (Å²) < 4.78 is 40.2. The van der Waals surface area contributed by atoms with E-state index < -0.39 is 17.7 Å². The molecule has 0 bridgehead atoms. The van der Waals surface area contributed by atoms with E-state index in [1.165, 1.54) is 0 Å². The van der Waals surface area contributed by atoms with Gasteiger partial charge >= 0.3 is 12.1 Å². The van der Waals surface area contributed by atoms with E-state index in [0.29, 0.717) is 12.8 Å². The molecule has 1 fully saturated rings. The summed E-state index contributed by atoms with van der Waals surface area (Å²) in [6, 6.07) is 0. The van der Waals surface area contributed by atoms with Crippen LogP contribution in [-0.2, 0) is 9.53 Å². The second-order valence-corrected chi connectivity index (χ2v) is 3.90. The van der Waals surface area contributed by atoms with Gasteiger partial charge in [-0.2, -0.15) is 13.2 Å². The highest BCUT2D eigenvalue weighted by atomic mass is 19.4. The zero-order chi connectivity index (χ0) is 10.8. The van der Waals surface area contributed by atoms with Gasteiger partial charge in [-0.1, -0.05) is 6.42 Å². The molecular weight excluding hydrogens is 197 g/mol. The summed E-state index contributed by atoms with van der Waals surface area (Å²) in [7, 11) is 0. The summed E-state index contributed by atoms with van der Waals surface area (Å²) >= 11 is 0. The Morgan fingerprint density at radius 3 is 2.14 bits per heavy atom. The molecule has 1 aliphatic carbocycles. The normalized spacial score (nSPS) is 21.7. The van der Waals surface area contributed by atoms with Crippen molar-refractivity contribution in [3.05, 3.63) is 0 Å². The number of hydrogen-bond donors (Lipinski definition) is 0. The van der Waals surface area contributed by atoms with E-state index in [-0.39, 0.29) is 0 Å². The first-order chi connectivity index (χ1) is 6.33. The molecule has 0 aromatic heterocycles. The summed E-state index contributed by atoms with van der Waals surface area (Å²) in [5.41, 5.74) is -0.912. The number of rotatable bonds is 1. The fourth-order valence-electron chi connectivity index (χ4n) is 1.68. The van der Waals surface area contributed by atoms with Gasteiger partial charge in [-0.25, -0.2) is 4.79 Å². The largest absolute Gasteiger partial charge is 0.490 e. The average molecular weight is 210 g/mol. The zero-order valence-electron chi connectivity index (χ0n) is 7.99. The predicted octanol–water partition coefficient (Wildman–Crippen LogP) is 2.81. The third-order valence-electron chi connectivity index (χ3n) is 2.48. The maximum absolute atomic E-state index is 11.9. The number of carbonyl (C=O) groups excluding carboxylic acids is 1. The van der Waals surface area contributed by atoms with Gasteiger partial charge in [0.1, 0.15) is 5.60 Å². The minimum absolute atomic E-state index is 0.523. The van der Waals surface area contributed by atoms with Crippen LogP contribution >= 0.6 is 0 Å². The van der Waals surface area contributed by atoms with Crippen LogP contribution in [0, 0.1) is 0 Å². The smallest absolute Gasteiger partial charge is 0.453 e. The molecule has 0 saturated heterocycles. The molecular formula is C9H13F3O2. The molecule has 0 amide bonds. The van der Waals surface area contributed by atoms with Crippen molar-refractivity contribution < 1.29 is 22.7 Å². The van der Waals surface area contributed by atoms with Crippen molar-refractivity contribution in [2.24, 2.45) is 0 Å². The number of ether oxygens (including phenoxy) is 1. The van der Waals surface area contributed by atoms with Crippen molar-refractivity contribution >= 4 is 5.97 Å². The predicted molar refractivity (Wildman–Crippen MR) is 43.6 cm³/mol. The molecule has 0 aliphatic heterocycles. The van der Waals surface area contributed by atoms with Crippen molar-refractivity contribution in [1.82, 2.24) is 0 Å². The van der Waals surface area contributed by atoms with E-state index in [4.69, 9.17) is 0 Å². The van der Waals surface area contributed by atoms with Gasteiger partial charge < -0.3 is 4.74 Å².